The highest BCUT2D eigenvalue weighted by molar-refractivity contribution is 9.09. The Bertz CT molecular complexity index is 431. The summed E-state index contributed by atoms with van der Waals surface area (Å²) in [6.45, 7) is 4.51. The zero-order chi connectivity index (χ0) is 11.6. The van der Waals surface area contributed by atoms with E-state index in [1.165, 1.54) is 11.1 Å². The van der Waals surface area contributed by atoms with Crippen LogP contribution in [0, 0.1) is 12.8 Å². The van der Waals surface area contributed by atoms with Gasteiger partial charge in [0.05, 0.1) is 0 Å². The normalized spacial score (nSPS) is 28.3. The molecule has 1 aliphatic carbocycles. The molecule has 84 valence electrons. The molecule has 0 spiro atoms. The molecule has 0 heterocycles. The number of halogens is 1. The van der Waals surface area contributed by atoms with Crippen molar-refractivity contribution in [2.75, 3.05) is 5.33 Å². The highest BCUT2D eigenvalue weighted by Crippen LogP contribution is 2.39. The molecule has 16 heavy (non-hydrogen) atoms. The first-order valence-electron chi connectivity index (χ1n) is 5.66. The van der Waals surface area contributed by atoms with Crippen LogP contribution in [0.4, 0.5) is 0 Å². The fourth-order valence-electron chi connectivity index (χ4n) is 2.46. The molecule has 1 aromatic carbocycles. The Kier molecular flexibility index (Phi) is 3.34. The van der Waals surface area contributed by atoms with E-state index in [4.69, 9.17) is 0 Å². The lowest BCUT2D eigenvalue weighted by Gasteiger charge is -2.36. The third kappa shape index (κ3) is 1.89. The second kappa shape index (κ2) is 4.58. The molecular formula is C15H17Br. The monoisotopic (exact) mass is 276 g/mol. The quantitative estimate of drug-likeness (QED) is 0.703. The van der Waals surface area contributed by atoms with Gasteiger partial charge < -0.3 is 0 Å². The van der Waals surface area contributed by atoms with Crippen molar-refractivity contribution in [3.05, 3.63) is 59.7 Å². The Labute approximate surface area is 106 Å². The summed E-state index contributed by atoms with van der Waals surface area (Å²) in [5.74, 6) is 0.526. The van der Waals surface area contributed by atoms with Gasteiger partial charge in [0.2, 0.25) is 0 Å². The molecule has 0 fully saturated rings. The summed E-state index contributed by atoms with van der Waals surface area (Å²) in [7, 11) is 0. The number of alkyl halides is 1. The lowest BCUT2D eigenvalue weighted by atomic mass is 9.69. The minimum atomic E-state index is 0.115. The zero-order valence-corrected chi connectivity index (χ0v) is 11.4. The predicted molar refractivity (Wildman–Crippen MR) is 74.1 cm³/mol. The van der Waals surface area contributed by atoms with Crippen LogP contribution in [0.25, 0.3) is 0 Å². The second-order valence-corrected chi connectivity index (χ2v) is 5.25. The summed E-state index contributed by atoms with van der Waals surface area (Å²) in [5, 5.41) is 0.999. The molecule has 1 aliphatic rings. The molecule has 1 heteroatoms. The Hall–Kier alpha value is -0.820. The van der Waals surface area contributed by atoms with Gasteiger partial charge in [0.15, 0.2) is 0 Å². The number of rotatable bonds is 2. The van der Waals surface area contributed by atoms with Gasteiger partial charge in [-0.15, -0.1) is 0 Å². The molecule has 0 N–H and O–H groups in total. The van der Waals surface area contributed by atoms with Gasteiger partial charge in [0.1, 0.15) is 0 Å². The van der Waals surface area contributed by atoms with Crippen LogP contribution in [0.15, 0.2) is 48.6 Å². The number of allylic oxidation sites excluding steroid dienone is 4. The summed E-state index contributed by atoms with van der Waals surface area (Å²) >= 11 is 3.62. The summed E-state index contributed by atoms with van der Waals surface area (Å²) in [6.07, 6.45) is 8.92. The van der Waals surface area contributed by atoms with Crippen LogP contribution in [0.1, 0.15) is 18.1 Å². The van der Waals surface area contributed by atoms with E-state index in [9.17, 15) is 0 Å². The molecule has 0 aliphatic heterocycles. The summed E-state index contributed by atoms with van der Waals surface area (Å²) < 4.78 is 0. The molecule has 0 saturated carbocycles. The molecule has 0 radical (unpaired) electrons. The van der Waals surface area contributed by atoms with Crippen molar-refractivity contribution in [3.63, 3.8) is 0 Å². The van der Waals surface area contributed by atoms with E-state index in [0.29, 0.717) is 5.92 Å². The van der Waals surface area contributed by atoms with Gasteiger partial charge in [-0.25, -0.2) is 0 Å². The van der Waals surface area contributed by atoms with Gasteiger partial charge in [-0.2, -0.15) is 0 Å². The van der Waals surface area contributed by atoms with Crippen molar-refractivity contribution in [2.45, 2.75) is 19.3 Å². The van der Waals surface area contributed by atoms with Crippen LogP contribution in [0.5, 0.6) is 0 Å². The van der Waals surface area contributed by atoms with E-state index in [1.807, 2.05) is 0 Å². The van der Waals surface area contributed by atoms with E-state index in [1.54, 1.807) is 0 Å². The van der Waals surface area contributed by atoms with Crippen LogP contribution >= 0.6 is 15.9 Å². The third-order valence-corrected chi connectivity index (χ3v) is 4.26. The van der Waals surface area contributed by atoms with Crippen LogP contribution in [0.3, 0.4) is 0 Å². The molecule has 2 atom stereocenters. The fraction of sp³-hybridized carbons (Fsp3) is 0.333. The minimum Gasteiger partial charge on any atom is -0.0921 e. The Balaban J connectivity index is 2.49. The molecule has 2 unspecified atom stereocenters. The standard InChI is InChI=1S/C15H17Br/c1-12-7-3-4-9-14(12)15(2)10-6-5-8-13(15)11-16/h3-10,13H,11H2,1-2H3. The van der Waals surface area contributed by atoms with Gasteiger partial charge in [0.25, 0.3) is 0 Å². The maximum Gasteiger partial charge on any atom is 0.0180 e. The van der Waals surface area contributed by atoms with Gasteiger partial charge in [-0.3, -0.25) is 0 Å². The van der Waals surface area contributed by atoms with Crippen LogP contribution in [-0.4, -0.2) is 5.33 Å². The highest BCUT2D eigenvalue weighted by atomic mass is 79.9. The first kappa shape index (κ1) is 11.7. The maximum atomic E-state index is 3.62. The zero-order valence-electron chi connectivity index (χ0n) is 9.78. The smallest absolute Gasteiger partial charge is 0.0180 e. The molecule has 0 aromatic heterocycles. The summed E-state index contributed by atoms with van der Waals surface area (Å²) in [6, 6.07) is 8.67. The number of hydrogen-bond donors (Lipinski definition) is 0. The molecule has 1 aromatic rings. The topological polar surface area (TPSA) is 0 Å². The van der Waals surface area contributed by atoms with E-state index in [0.717, 1.165) is 5.33 Å². The van der Waals surface area contributed by atoms with Gasteiger partial charge in [0, 0.05) is 10.7 Å². The molecule has 0 bridgehead atoms. The largest absolute Gasteiger partial charge is 0.0921 e. The van der Waals surface area contributed by atoms with Crippen molar-refractivity contribution in [3.8, 4) is 0 Å². The maximum absolute atomic E-state index is 3.62. The lowest BCUT2D eigenvalue weighted by molar-refractivity contribution is 0.464. The summed E-state index contributed by atoms with van der Waals surface area (Å²) in [5.41, 5.74) is 2.92. The van der Waals surface area contributed by atoms with Crippen molar-refractivity contribution < 1.29 is 0 Å². The number of benzene rings is 1. The number of aryl methyl sites for hydroxylation is 1. The van der Waals surface area contributed by atoms with Crippen LogP contribution < -0.4 is 0 Å². The number of hydrogen-bond acceptors (Lipinski definition) is 0. The average Bonchev–Trinajstić information content (AvgIpc) is 2.30. The summed E-state index contributed by atoms with van der Waals surface area (Å²) in [4.78, 5) is 0. The third-order valence-electron chi connectivity index (χ3n) is 3.56. The van der Waals surface area contributed by atoms with E-state index >= 15 is 0 Å². The van der Waals surface area contributed by atoms with Crippen molar-refractivity contribution in [1.82, 2.24) is 0 Å². The molecule has 0 amide bonds. The molecule has 0 nitrogen and oxygen atoms in total. The van der Waals surface area contributed by atoms with Crippen LogP contribution in [0.2, 0.25) is 0 Å². The Morgan fingerprint density at radius 3 is 2.69 bits per heavy atom. The fourth-order valence-corrected chi connectivity index (χ4v) is 3.34. The van der Waals surface area contributed by atoms with Crippen LogP contribution in [-0.2, 0) is 5.41 Å². The van der Waals surface area contributed by atoms with Crippen molar-refractivity contribution >= 4 is 15.9 Å². The highest BCUT2D eigenvalue weighted by Gasteiger charge is 2.33. The molecule has 0 saturated heterocycles. The predicted octanol–water partition coefficient (Wildman–Crippen LogP) is 4.39. The van der Waals surface area contributed by atoms with Gasteiger partial charge >= 0.3 is 0 Å². The second-order valence-electron chi connectivity index (χ2n) is 4.60. The Morgan fingerprint density at radius 2 is 2.00 bits per heavy atom. The van der Waals surface area contributed by atoms with Gasteiger partial charge in [-0.05, 0) is 24.0 Å². The lowest BCUT2D eigenvalue weighted by Crippen LogP contribution is -2.32. The van der Waals surface area contributed by atoms with Gasteiger partial charge in [-0.1, -0.05) is 71.4 Å². The first-order valence-corrected chi connectivity index (χ1v) is 6.79. The SMILES string of the molecule is Cc1ccccc1C1(C)C=CC=CC1CBr. The van der Waals surface area contributed by atoms with E-state index < -0.39 is 0 Å². The average molecular weight is 277 g/mol. The Morgan fingerprint density at radius 1 is 1.25 bits per heavy atom. The van der Waals surface area contributed by atoms with Crippen molar-refractivity contribution in [2.24, 2.45) is 5.92 Å². The molecule has 2 rings (SSSR count). The van der Waals surface area contributed by atoms with Crippen molar-refractivity contribution in [1.29, 1.82) is 0 Å². The van der Waals surface area contributed by atoms with E-state index in [-0.39, 0.29) is 5.41 Å². The molecular weight excluding hydrogens is 260 g/mol. The first-order chi connectivity index (χ1) is 7.68. The minimum absolute atomic E-state index is 0.115. The van der Waals surface area contributed by atoms with E-state index in [2.05, 4.69) is 78.3 Å².